The normalized spacial score (nSPS) is 11.2. The van der Waals surface area contributed by atoms with Crippen molar-refractivity contribution in [2.45, 2.75) is 20.4 Å². The number of H-pyrrole nitrogens is 1. The third-order valence-corrected chi connectivity index (χ3v) is 5.40. The maximum atomic E-state index is 4.53. The standard InChI is InChI=1S/C25H27N5/c1-16-8-6-7-9-23(16)27-18(3)25-21-12-19(10-11-24(21)28-29-25)22-14-26-13-20(17(22)2)15-30(4)5/h6-14,27H,3,15H2,1-2,4-5H3,(H,28,29). The van der Waals surface area contributed by atoms with E-state index in [1.807, 2.05) is 30.6 Å². The van der Waals surface area contributed by atoms with Gasteiger partial charge in [0.1, 0.15) is 5.69 Å². The van der Waals surface area contributed by atoms with Crippen LogP contribution in [0.4, 0.5) is 5.69 Å². The van der Waals surface area contributed by atoms with E-state index in [-0.39, 0.29) is 0 Å². The Morgan fingerprint density at radius 1 is 1.10 bits per heavy atom. The topological polar surface area (TPSA) is 56.8 Å². The zero-order chi connectivity index (χ0) is 21.3. The maximum Gasteiger partial charge on any atom is 0.116 e. The molecule has 0 saturated heterocycles. The Balaban J connectivity index is 1.72. The summed E-state index contributed by atoms with van der Waals surface area (Å²) in [6.45, 7) is 9.34. The summed E-state index contributed by atoms with van der Waals surface area (Å²) in [6, 6.07) is 14.5. The van der Waals surface area contributed by atoms with E-state index in [4.69, 9.17) is 0 Å². The lowest BCUT2D eigenvalue weighted by Gasteiger charge is -2.15. The number of nitrogens with zero attached hydrogens (tertiary/aromatic N) is 3. The van der Waals surface area contributed by atoms with Crippen LogP contribution in [0.5, 0.6) is 0 Å². The Hall–Kier alpha value is -3.44. The first-order chi connectivity index (χ1) is 14.4. The van der Waals surface area contributed by atoms with Crippen molar-refractivity contribution in [2.75, 3.05) is 19.4 Å². The molecule has 0 aliphatic heterocycles. The van der Waals surface area contributed by atoms with E-state index in [0.29, 0.717) is 0 Å². The molecule has 5 nitrogen and oxygen atoms in total. The van der Waals surface area contributed by atoms with E-state index in [1.54, 1.807) is 0 Å². The SMILES string of the molecule is C=C(Nc1ccccc1C)c1n[nH]c2ccc(-c3cncc(CN(C)C)c3C)cc12. The lowest BCUT2D eigenvalue weighted by Crippen LogP contribution is -2.12. The van der Waals surface area contributed by atoms with Crippen molar-refractivity contribution in [3.63, 3.8) is 0 Å². The number of rotatable bonds is 6. The van der Waals surface area contributed by atoms with Crippen molar-refractivity contribution in [2.24, 2.45) is 0 Å². The lowest BCUT2D eigenvalue weighted by atomic mass is 9.97. The van der Waals surface area contributed by atoms with E-state index >= 15 is 0 Å². The van der Waals surface area contributed by atoms with Crippen LogP contribution in [-0.2, 0) is 6.54 Å². The smallest absolute Gasteiger partial charge is 0.116 e. The number of aromatic amines is 1. The van der Waals surface area contributed by atoms with Crippen LogP contribution in [0.15, 0.2) is 61.4 Å². The fourth-order valence-corrected chi connectivity index (χ4v) is 3.71. The summed E-state index contributed by atoms with van der Waals surface area (Å²) in [4.78, 5) is 6.64. The number of hydrogen-bond acceptors (Lipinski definition) is 4. The van der Waals surface area contributed by atoms with Gasteiger partial charge in [-0.25, -0.2) is 0 Å². The molecule has 0 amide bonds. The molecule has 0 bridgehead atoms. The van der Waals surface area contributed by atoms with Crippen molar-refractivity contribution in [1.82, 2.24) is 20.1 Å². The zero-order valence-corrected chi connectivity index (χ0v) is 18.0. The van der Waals surface area contributed by atoms with Crippen LogP contribution >= 0.6 is 0 Å². The number of pyridine rings is 1. The molecule has 2 aromatic heterocycles. The zero-order valence-electron chi connectivity index (χ0n) is 18.0. The lowest BCUT2D eigenvalue weighted by molar-refractivity contribution is 0.401. The van der Waals surface area contributed by atoms with Gasteiger partial charge < -0.3 is 10.2 Å². The predicted molar refractivity (Wildman–Crippen MR) is 125 cm³/mol. The number of aryl methyl sites for hydroxylation is 1. The Labute approximate surface area is 177 Å². The van der Waals surface area contributed by atoms with E-state index in [9.17, 15) is 0 Å². The minimum atomic E-state index is 0.768. The number of anilines is 1. The van der Waals surface area contributed by atoms with Gasteiger partial charge in [0, 0.05) is 35.6 Å². The highest BCUT2D eigenvalue weighted by Crippen LogP contribution is 2.31. The quantitative estimate of drug-likeness (QED) is 0.458. The van der Waals surface area contributed by atoms with Crippen LogP contribution in [0.3, 0.4) is 0 Å². The third-order valence-electron chi connectivity index (χ3n) is 5.40. The molecule has 152 valence electrons. The summed E-state index contributed by atoms with van der Waals surface area (Å²) < 4.78 is 0. The average molecular weight is 398 g/mol. The van der Waals surface area contributed by atoms with Crippen molar-refractivity contribution in [3.8, 4) is 11.1 Å². The van der Waals surface area contributed by atoms with Gasteiger partial charge in [-0.1, -0.05) is 30.8 Å². The van der Waals surface area contributed by atoms with Gasteiger partial charge in [0.15, 0.2) is 0 Å². The fourth-order valence-electron chi connectivity index (χ4n) is 3.71. The van der Waals surface area contributed by atoms with Crippen LogP contribution in [0.1, 0.15) is 22.4 Å². The number of nitrogens with one attached hydrogen (secondary N) is 2. The predicted octanol–water partition coefficient (Wildman–Crippen LogP) is 5.39. The first kappa shape index (κ1) is 19.9. The number of benzene rings is 2. The van der Waals surface area contributed by atoms with Crippen LogP contribution in [0.2, 0.25) is 0 Å². The van der Waals surface area contributed by atoms with Crippen molar-refractivity contribution >= 4 is 22.3 Å². The van der Waals surface area contributed by atoms with Crippen molar-refractivity contribution < 1.29 is 0 Å². The van der Waals surface area contributed by atoms with Gasteiger partial charge in [-0.15, -0.1) is 0 Å². The van der Waals surface area contributed by atoms with E-state index in [1.165, 1.54) is 16.7 Å². The van der Waals surface area contributed by atoms with E-state index in [0.717, 1.165) is 45.7 Å². The minimum absolute atomic E-state index is 0.768. The van der Waals surface area contributed by atoms with Gasteiger partial charge in [-0.3, -0.25) is 10.1 Å². The second-order valence-electron chi connectivity index (χ2n) is 7.96. The summed E-state index contributed by atoms with van der Waals surface area (Å²) in [5.74, 6) is 0. The molecule has 0 radical (unpaired) electrons. The minimum Gasteiger partial charge on any atom is -0.354 e. The summed E-state index contributed by atoms with van der Waals surface area (Å²) in [6.07, 6.45) is 3.89. The van der Waals surface area contributed by atoms with E-state index in [2.05, 4.69) is 84.2 Å². The molecule has 5 heteroatoms. The van der Waals surface area contributed by atoms with Gasteiger partial charge in [-0.05, 0) is 68.4 Å². The highest BCUT2D eigenvalue weighted by Gasteiger charge is 2.13. The third kappa shape index (κ3) is 3.84. The molecule has 0 fully saturated rings. The molecule has 4 aromatic rings. The van der Waals surface area contributed by atoms with Crippen LogP contribution in [0.25, 0.3) is 27.7 Å². The largest absolute Gasteiger partial charge is 0.354 e. The Morgan fingerprint density at radius 3 is 2.67 bits per heavy atom. The van der Waals surface area contributed by atoms with Crippen LogP contribution in [-0.4, -0.2) is 34.2 Å². The molecule has 0 spiro atoms. The molecule has 0 aliphatic carbocycles. The first-order valence-electron chi connectivity index (χ1n) is 10.0. The molecular formula is C25H27N5. The molecule has 2 heterocycles. The Kier molecular flexibility index (Phi) is 5.38. The molecule has 2 N–H and O–H groups in total. The second-order valence-corrected chi connectivity index (χ2v) is 7.96. The van der Waals surface area contributed by atoms with Crippen molar-refractivity contribution in [3.05, 3.63) is 83.8 Å². The molecule has 0 aliphatic rings. The fraction of sp³-hybridized carbons (Fsp3) is 0.200. The number of aromatic nitrogens is 3. The highest BCUT2D eigenvalue weighted by molar-refractivity contribution is 5.95. The summed E-state index contributed by atoms with van der Waals surface area (Å²) >= 11 is 0. The number of para-hydroxylation sites is 1. The summed E-state index contributed by atoms with van der Waals surface area (Å²) in [5.41, 5.74) is 9.52. The van der Waals surface area contributed by atoms with Gasteiger partial charge in [-0.2, -0.15) is 5.10 Å². The molecule has 0 saturated carbocycles. The first-order valence-corrected chi connectivity index (χ1v) is 10.0. The molecule has 4 rings (SSSR count). The Bertz CT molecular complexity index is 1220. The van der Waals surface area contributed by atoms with E-state index < -0.39 is 0 Å². The maximum absolute atomic E-state index is 4.53. The molecule has 2 aromatic carbocycles. The molecule has 30 heavy (non-hydrogen) atoms. The van der Waals surface area contributed by atoms with Gasteiger partial charge in [0.05, 0.1) is 11.2 Å². The van der Waals surface area contributed by atoms with Gasteiger partial charge in [0.25, 0.3) is 0 Å². The number of fused-ring (bicyclic) bond motifs is 1. The molecule has 0 unspecified atom stereocenters. The van der Waals surface area contributed by atoms with Crippen LogP contribution < -0.4 is 5.32 Å². The van der Waals surface area contributed by atoms with Crippen LogP contribution in [0, 0.1) is 13.8 Å². The Morgan fingerprint density at radius 2 is 1.90 bits per heavy atom. The summed E-state index contributed by atoms with van der Waals surface area (Å²) in [5, 5.41) is 12.1. The molecular weight excluding hydrogens is 370 g/mol. The highest BCUT2D eigenvalue weighted by atomic mass is 15.1. The van der Waals surface area contributed by atoms with Gasteiger partial charge >= 0.3 is 0 Å². The second kappa shape index (κ2) is 8.13. The summed E-state index contributed by atoms with van der Waals surface area (Å²) in [7, 11) is 4.14. The monoisotopic (exact) mass is 397 g/mol. The average Bonchev–Trinajstić information content (AvgIpc) is 3.14. The molecule has 0 atom stereocenters. The van der Waals surface area contributed by atoms with Gasteiger partial charge in [0.2, 0.25) is 0 Å². The van der Waals surface area contributed by atoms with Crippen molar-refractivity contribution in [1.29, 1.82) is 0 Å². The number of hydrogen-bond donors (Lipinski definition) is 2.